The number of H-pyrrole nitrogens is 1. The molecule has 0 radical (unpaired) electrons. The van der Waals surface area contributed by atoms with Gasteiger partial charge in [0.2, 0.25) is 0 Å². The average molecular weight is 259 g/mol. The second kappa shape index (κ2) is 3.88. The van der Waals surface area contributed by atoms with Crippen LogP contribution in [0.15, 0.2) is 10.7 Å². The Bertz CT molecular complexity index is 357. The summed E-state index contributed by atoms with van der Waals surface area (Å²) >= 11 is 8.43. The third-order valence-electron chi connectivity index (χ3n) is 2.52. The van der Waals surface area contributed by atoms with Gasteiger partial charge in [0, 0.05) is 12.6 Å². The van der Waals surface area contributed by atoms with E-state index >= 15 is 0 Å². The molecule has 13 heavy (non-hydrogen) atoms. The van der Waals surface area contributed by atoms with Crippen LogP contribution in [-0.4, -0.2) is 9.97 Å². The number of halogens is 1. The van der Waals surface area contributed by atoms with E-state index in [4.69, 9.17) is 12.2 Å². The molecule has 1 aromatic rings. The molecule has 0 aromatic carbocycles. The van der Waals surface area contributed by atoms with Gasteiger partial charge in [-0.05, 0) is 21.8 Å². The quantitative estimate of drug-likeness (QED) is 0.826. The summed E-state index contributed by atoms with van der Waals surface area (Å²) in [6.45, 7) is 0. The lowest BCUT2D eigenvalue weighted by atomic mass is 9.83. The van der Waals surface area contributed by atoms with Crippen LogP contribution >= 0.6 is 28.1 Å². The molecule has 0 unspecified atom stereocenters. The Kier molecular flexibility index (Phi) is 2.79. The van der Waals surface area contributed by atoms with Crippen LogP contribution in [0.25, 0.3) is 0 Å². The highest BCUT2D eigenvalue weighted by atomic mass is 79.9. The van der Waals surface area contributed by atoms with Crippen LogP contribution in [0.2, 0.25) is 0 Å². The summed E-state index contributed by atoms with van der Waals surface area (Å²) < 4.78 is 1.63. The molecule has 1 aromatic heterocycles. The first-order valence-electron chi connectivity index (χ1n) is 4.49. The molecule has 1 fully saturated rings. The molecule has 1 aliphatic carbocycles. The predicted molar refractivity (Wildman–Crippen MR) is 58.2 cm³/mol. The monoisotopic (exact) mass is 258 g/mol. The van der Waals surface area contributed by atoms with Gasteiger partial charge in [-0.1, -0.05) is 31.5 Å². The molecule has 2 rings (SSSR count). The predicted octanol–water partition coefficient (Wildman–Crippen LogP) is 3.24. The van der Waals surface area contributed by atoms with Gasteiger partial charge in [-0.2, -0.15) is 0 Å². The second-order valence-corrected chi connectivity index (χ2v) is 4.77. The van der Waals surface area contributed by atoms with Crippen LogP contribution in [0.1, 0.15) is 25.1 Å². The van der Waals surface area contributed by atoms with Crippen molar-refractivity contribution in [2.45, 2.75) is 25.7 Å². The molecule has 1 saturated carbocycles. The van der Waals surface area contributed by atoms with E-state index in [9.17, 15) is 0 Å². The molecule has 1 aliphatic rings. The first-order chi connectivity index (χ1) is 6.25. The fraction of sp³-hybridized carbons (Fsp3) is 0.556. The second-order valence-electron chi connectivity index (χ2n) is 3.51. The lowest BCUT2D eigenvalue weighted by molar-refractivity contribution is 0.309. The first kappa shape index (κ1) is 9.34. The van der Waals surface area contributed by atoms with Crippen LogP contribution < -0.4 is 0 Å². The van der Waals surface area contributed by atoms with Gasteiger partial charge in [0.25, 0.3) is 0 Å². The van der Waals surface area contributed by atoms with Gasteiger partial charge in [-0.15, -0.1) is 0 Å². The van der Waals surface area contributed by atoms with E-state index in [1.807, 2.05) is 0 Å². The summed E-state index contributed by atoms with van der Waals surface area (Å²) in [5, 5.41) is 0. The number of hydrogen-bond donors (Lipinski definition) is 1. The van der Waals surface area contributed by atoms with Gasteiger partial charge in [0.05, 0.1) is 4.47 Å². The molecule has 2 nitrogen and oxygen atoms in total. The molecule has 0 spiro atoms. The van der Waals surface area contributed by atoms with E-state index in [-0.39, 0.29) is 0 Å². The van der Waals surface area contributed by atoms with Crippen molar-refractivity contribution in [2.75, 3.05) is 0 Å². The van der Waals surface area contributed by atoms with Crippen molar-refractivity contribution in [1.82, 2.24) is 9.97 Å². The van der Waals surface area contributed by atoms with Crippen molar-refractivity contribution in [3.8, 4) is 0 Å². The summed E-state index contributed by atoms with van der Waals surface area (Å²) in [5.41, 5.74) is 0. The highest BCUT2D eigenvalue weighted by Gasteiger charge is 2.18. The van der Waals surface area contributed by atoms with E-state index < -0.39 is 0 Å². The van der Waals surface area contributed by atoms with Gasteiger partial charge in [0.1, 0.15) is 10.5 Å². The van der Waals surface area contributed by atoms with E-state index in [1.54, 1.807) is 6.20 Å². The third kappa shape index (κ3) is 2.17. The normalized spacial score (nSPS) is 17.0. The largest absolute Gasteiger partial charge is 0.334 e. The summed E-state index contributed by atoms with van der Waals surface area (Å²) in [5.74, 6) is 1.86. The number of hydrogen-bond acceptors (Lipinski definition) is 2. The zero-order valence-corrected chi connectivity index (χ0v) is 9.62. The fourth-order valence-corrected chi connectivity index (χ4v) is 1.86. The van der Waals surface area contributed by atoms with E-state index in [1.165, 1.54) is 19.3 Å². The highest BCUT2D eigenvalue weighted by Crippen LogP contribution is 2.28. The molecular formula is C9H11BrN2S. The van der Waals surface area contributed by atoms with Crippen molar-refractivity contribution in [2.24, 2.45) is 5.92 Å². The third-order valence-corrected chi connectivity index (χ3v) is 3.70. The molecule has 0 saturated heterocycles. The minimum Gasteiger partial charge on any atom is -0.334 e. The number of aromatic nitrogens is 2. The number of rotatable bonds is 2. The Morgan fingerprint density at radius 2 is 2.38 bits per heavy atom. The zero-order chi connectivity index (χ0) is 9.26. The van der Waals surface area contributed by atoms with Crippen molar-refractivity contribution in [1.29, 1.82) is 0 Å². The summed E-state index contributed by atoms with van der Waals surface area (Å²) in [4.78, 5) is 7.42. The minimum absolute atomic E-state index is 0.754. The molecule has 0 atom stereocenters. The molecular weight excluding hydrogens is 248 g/mol. The Labute approximate surface area is 90.9 Å². The van der Waals surface area contributed by atoms with Gasteiger partial charge >= 0.3 is 0 Å². The molecule has 70 valence electrons. The molecule has 0 amide bonds. The Morgan fingerprint density at radius 3 is 2.92 bits per heavy atom. The molecule has 0 bridgehead atoms. The molecule has 4 heteroatoms. The van der Waals surface area contributed by atoms with Gasteiger partial charge in [-0.3, -0.25) is 0 Å². The van der Waals surface area contributed by atoms with Crippen molar-refractivity contribution >= 4 is 28.1 Å². The zero-order valence-electron chi connectivity index (χ0n) is 7.22. The minimum atomic E-state index is 0.754. The molecule has 0 aliphatic heterocycles. The summed E-state index contributed by atoms with van der Waals surface area (Å²) in [6.07, 6.45) is 6.91. The maximum Gasteiger partial charge on any atom is 0.120 e. The number of nitrogens with zero attached hydrogens (tertiary/aromatic N) is 1. The van der Waals surface area contributed by atoms with Crippen molar-refractivity contribution < 1.29 is 0 Å². The average Bonchev–Trinajstić information content (AvgIpc) is 2.04. The van der Waals surface area contributed by atoms with E-state index in [0.29, 0.717) is 0 Å². The van der Waals surface area contributed by atoms with Gasteiger partial charge in [-0.25, -0.2) is 4.98 Å². The maximum absolute atomic E-state index is 5.11. The summed E-state index contributed by atoms with van der Waals surface area (Å²) in [7, 11) is 0. The van der Waals surface area contributed by atoms with Gasteiger partial charge < -0.3 is 4.98 Å². The van der Waals surface area contributed by atoms with Crippen LogP contribution in [0, 0.1) is 10.6 Å². The fourth-order valence-electron chi connectivity index (χ4n) is 1.49. The van der Waals surface area contributed by atoms with Crippen LogP contribution in [0.3, 0.4) is 0 Å². The topological polar surface area (TPSA) is 28.7 Å². The highest BCUT2D eigenvalue weighted by molar-refractivity contribution is 9.10. The standard InChI is InChI=1S/C9H11BrN2S/c10-7-5-11-8(12-9(7)13)4-6-2-1-3-6/h5-6H,1-4H2,(H,11,12,13). The lowest BCUT2D eigenvalue weighted by Crippen LogP contribution is -2.15. The van der Waals surface area contributed by atoms with Crippen molar-refractivity contribution in [3.63, 3.8) is 0 Å². The van der Waals surface area contributed by atoms with Crippen molar-refractivity contribution in [3.05, 3.63) is 21.1 Å². The Hall–Kier alpha value is -0.220. The van der Waals surface area contributed by atoms with Crippen LogP contribution in [0.4, 0.5) is 0 Å². The number of aromatic amines is 1. The summed E-state index contributed by atoms with van der Waals surface area (Å²) in [6, 6.07) is 0. The van der Waals surface area contributed by atoms with Crippen LogP contribution in [-0.2, 0) is 6.42 Å². The van der Waals surface area contributed by atoms with Gasteiger partial charge in [0.15, 0.2) is 0 Å². The smallest absolute Gasteiger partial charge is 0.120 e. The molecule has 1 heterocycles. The first-order valence-corrected chi connectivity index (χ1v) is 5.69. The maximum atomic E-state index is 5.11. The lowest BCUT2D eigenvalue weighted by Gasteiger charge is -2.24. The molecule has 1 N–H and O–H groups in total. The number of nitrogens with one attached hydrogen (secondary N) is 1. The van der Waals surface area contributed by atoms with Crippen LogP contribution in [0.5, 0.6) is 0 Å². The Morgan fingerprint density at radius 1 is 1.62 bits per heavy atom. The van der Waals surface area contributed by atoms with E-state index in [2.05, 4.69) is 25.9 Å². The Balaban J connectivity index is 2.12. The SMILES string of the molecule is S=c1[nH]c(CC2CCC2)ncc1Br. The van der Waals surface area contributed by atoms with E-state index in [0.717, 1.165) is 27.3 Å².